The van der Waals surface area contributed by atoms with Crippen molar-refractivity contribution in [2.75, 3.05) is 32.8 Å². The van der Waals surface area contributed by atoms with E-state index in [1.165, 1.54) is 19.3 Å². The summed E-state index contributed by atoms with van der Waals surface area (Å²) in [4.78, 5) is 26.8. The average Bonchev–Trinajstić information content (AvgIpc) is 2.83. The van der Waals surface area contributed by atoms with E-state index in [0.29, 0.717) is 31.6 Å². The summed E-state index contributed by atoms with van der Waals surface area (Å²) >= 11 is 0. The average molecular weight is 364 g/mol. The molecule has 1 aromatic rings. The summed E-state index contributed by atoms with van der Waals surface area (Å²) in [6, 6.07) is 0. The molecular weight excluding hydrogens is 330 g/mol. The molecule has 0 unspecified atom stereocenters. The van der Waals surface area contributed by atoms with E-state index in [2.05, 4.69) is 10.2 Å². The summed E-state index contributed by atoms with van der Waals surface area (Å²) < 4.78 is 7.16. The third kappa shape index (κ3) is 5.10. The van der Waals surface area contributed by atoms with Gasteiger partial charge in [-0.15, -0.1) is 0 Å². The van der Waals surface area contributed by atoms with Crippen LogP contribution in [-0.2, 0) is 23.0 Å². The number of esters is 1. The number of carbonyl (C=O) groups is 2. The third-order valence-electron chi connectivity index (χ3n) is 5.34. The number of likely N-dealkylation sites (tertiary alicyclic amines) is 1. The van der Waals surface area contributed by atoms with Crippen LogP contribution in [-0.4, -0.2) is 54.1 Å². The van der Waals surface area contributed by atoms with Gasteiger partial charge >= 0.3 is 5.97 Å². The molecule has 0 aliphatic carbocycles. The van der Waals surface area contributed by atoms with Crippen molar-refractivity contribution in [1.82, 2.24) is 14.8 Å². The molecule has 0 saturated carbocycles. The molecule has 26 heavy (non-hydrogen) atoms. The van der Waals surface area contributed by atoms with E-state index in [4.69, 9.17) is 4.74 Å². The molecule has 2 rings (SSSR count). The number of carbonyl (C=O) groups excluding carboxylic acids is 2. The van der Waals surface area contributed by atoms with Gasteiger partial charge < -0.3 is 19.5 Å². The minimum absolute atomic E-state index is 0.0675. The van der Waals surface area contributed by atoms with Gasteiger partial charge in [0.2, 0.25) is 5.91 Å². The second kappa shape index (κ2) is 9.76. The van der Waals surface area contributed by atoms with Gasteiger partial charge in [0.05, 0.1) is 12.2 Å². The Labute approximate surface area is 156 Å². The lowest BCUT2D eigenvalue weighted by molar-refractivity contribution is -0.121. The largest absolute Gasteiger partial charge is 0.462 e. The summed E-state index contributed by atoms with van der Waals surface area (Å²) in [6.07, 6.45) is 4.91. The van der Waals surface area contributed by atoms with E-state index in [9.17, 15) is 9.59 Å². The molecule has 1 aliphatic rings. The van der Waals surface area contributed by atoms with Crippen LogP contribution in [0.25, 0.3) is 0 Å². The van der Waals surface area contributed by atoms with Crippen molar-refractivity contribution in [2.24, 2.45) is 7.05 Å². The first kappa shape index (κ1) is 20.5. The number of nitrogens with zero attached hydrogens (tertiary/aromatic N) is 2. The number of rotatable bonds is 8. The van der Waals surface area contributed by atoms with Gasteiger partial charge in [-0.2, -0.15) is 0 Å². The van der Waals surface area contributed by atoms with Gasteiger partial charge in [0.1, 0.15) is 0 Å². The first-order chi connectivity index (χ1) is 12.5. The number of amides is 1. The van der Waals surface area contributed by atoms with Crippen molar-refractivity contribution in [3.05, 3.63) is 22.5 Å². The number of ether oxygens (including phenoxy) is 1. The molecule has 1 saturated heterocycles. The van der Waals surface area contributed by atoms with E-state index < -0.39 is 0 Å². The van der Waals surface area contributed by atoms with Crippen molar-refractivity contribution >= 4 is 11.9 Å². The lowest BCUT2D eigenvalue weighted by Crippen LogP contribution is -2.37. The lowest BCUT2D eigenvalue weighted by atomic mass is 10.1. The number of hydrogen-bond acceptors (Lipinski definition) is 4. The third-order valence-corrected chi connectivity index (χ3v) is 5.34. The van der Waals surface area contributed by atoms with Crippen LogP contribution in [0, 0.1) is 13.8 Å². The van der Waals surface area contributed by atoms with E-state index in [-0.39, 0.29) is 11.9 Å². The highest BCUT2D eigenvalue weighted by Crippen LogP contribution is 2.23. The Kier molecular flexibility index (Phi) is 7.69. The molecule has 1 N–H and O–H groups in total. The van der Waals surface area contributed by atoms with E-state index in [1.807, 2.05) is 25.5 Å². The first-order valence-corrected chi connectivity index (χ1v) is 9.76. The second-order valence-electron chi connectivity index (χ2n) is 7.06. The predicted octanol–water partition coefficient (Wildman–Crippen LogP) is 2.35. The predicted molar refractivity (Wildman–Crippen MR) is 102 cm³/mol. The fraction of sp³-hybridized carbons (Fsp3) is 0.700. The minimum Gasteiger partial charge on any atom is -0.462 e. The lowest BCUT2D eigenvalue weighted by Gasteiger charge is -2.26. The van der Waals surface area contributed by atoms with Crippen LogP contribution in [0.3, 0.4) is 0 Å². The number of nitrogens with one attached hydrogen (secondary N) is 1. The Morgan fingerprint density at radius 2 is 1.85 bits per heavy atom. The normalized spacial score (nSPS) is 15.1. The van der Waals surface area contributed by atoms with Crippen LogP contribution in [0.1, 0.15) is 59.9 Å². The van der Waals surface area contributed by atoms with E-state index in [0.717, 1.165) is 36.6 Å². The SMILES string of the molecule is CCOC(=O)c1c(C)c(CCC(=O)NCCN2CCCCC2)n(C)c1C. The molecule has 1 amide bonds. The molecule has 6 nitrogen and oxygen atoms in total. The first-order valence-electron chi connectivity index (χ1n) is 9.76. The summed E-state index contributed by atoms with van der Waals surface area (Å²) in [5.41, 5.74) is 3.47. The maximum Gasteiger partial charge on any atom is 0.340 e. The van der Waals surface area contributed by atoms with Crippen LogP contribution >= 0.6 is 0 Å². The molecule has 6 heteroatoms. The molecule has 0 atom stereocenters. The van der Waals surface area contributed by atoms with Gasteiger partial charge in [-0.3, -0.25) is 4.79 Å². The zero-order valence-electron chi connectivity index (χ0n) is 16.7. The maximum atomic E-state index is 12.2. The molecule has 0 aromatic carbocycles. The number of hydrogen-bond donors (Lipinski definition) is 1. The van der Waals surface area contributed by atoms with Gasteiger partial charge in [0.25, 0.3) is 0 Å². The van der Waals surface area contributed by atoms with Crippen molar-refractivity contribution < 1.29 is 14.3 Å². The monoisotopic (exact) mass is 363 g/mol. The Bertz CT molecular complexity index is 631. The van der Waals surface area contributed by atoms with Gasteiger partial charge in [0.15, 0.2) is 0 Å². The fourth-order valence-corrected chi connectivity index (χ4v) is 3.75. The second-order valence-corrected chi connectivity index (χ2v) is 7.06. The van der Waals surface area contributed by atoms with Crippen LogP contribution in [0.2, 0.25) is 0 Å². The van der Waals surface area contributed by atoms with Gasteiger partial charge in [-0.25, -0.2) is 4.79 Å². The highest BCUT2D eigenvalue weighted by molar-refractivity contribution is 5.93. The Balaban J connectivity index is 1.85. The molecular formula is C20H33N3O3. The fourth-order valence-electron chi connectivity index (χ4n) is 3.75. The summed E-state index contributed by atoms with van der Waals surface area (Å²) in [6.45, 7) is 9.95. The van der Waals surface area contributed by atoms with Crippen molar-refractivity contribution in [2.45, 2.75) is 52.9 Å². The molecule has 0 spiro atoms. The summed E-state index contributed by atoms with van der Waals surface area (Å²) in [5.74, 6) is -0.215. The highest BCUT2D eigenvalue weighted by atomic mass is 16.5. The smallest absolute Gasteiger partial charge is 0.340 e. The Morgan fingerprint density at radius 3 is 2.50 bits per heavy atom. The maximum absolute atomic E-state index is 12.2. The van der Waals surface area contributed by atoms with Gasteiger partial charge in [-0.05, 0) is 58.7 Å². The molecule has 1 fully saturated rings. The van der Waals surface area contributed by atoms with E-state index in [1.54, 1.807) is 6.92 Å². The summed E-state index contributed by atoms with van der Waals surface area (Å²) in [7, 11) is 1.94. The Hall–Kier alpha value is -1.82. The van der Waals surface area contributed by atoms with Crippen LogP contribution in [0.15, 0.2) is 0 Å². The molecule has 1 aromatic heterocycles. The van der Waals surface area contributed by atoms with Crippen LogP contribution in [0.5, 0.6) is 0 Å². The van der Waals surface area contributed by atoms with Crippen LogP contribution in [0.4, 0.5) is 0 Å². The van der Waals surface area contributed by atoms with E-state index >= 15 is 0 Å². The highest BCUT2D eigenvalue weighted by Gasteiger charge is 2.22. The van der Waals surface area contributed by atoms with Crippen LogP contribution < -0.4 is 5.32 Å². The van der Waals surface area contributed by atoms with Crippen molar-refractivity contribution in [3.8, 4) is 0 Å². The minimum atomic E-state index is -0.282. The molecule has 0 radical (unpaired) electrons. The standard InChI is InChI=1S/C20H33N3O3/c1-5-26-20(25)19-15(2)17(22(4)16(19)3)9-10-18(24)21-11-14-23-12-7-6-8-13-23/h5-14H2,1-4H3,(H,21,24). The molecule has 0 bridgehead atoms. The Morgan fingerprint density at radius 1 is 1.15 bits per heavy atom. The topological polar surface area (TPSA) is 63.6 Å². The van der Waals surface area contributed by atoms with Gasteiger partial charge in [-0.1, -0.05) is 6.42 Å². The van der Waals surface area contributed by atoms with Crippen molar-refractivity contribution in [3.63, 3.8) is 0 Å². The molecule has 1 aliphatic heterocycles. The van der Waals surface area contributed by atoms with Crippen molar-refractivity contribution in [1.29, 1.82) is 0 Å². The molecule has 146 valence electrons. The zero-order valence-corrected chi connectivity index (χ0v) is 16.7. The quantitative estimate of drug-likeness (QED) is 0.720. The zero-order chi connectivity index (χ0) is 19.1. The number of piperidine rings is 1. The summed E-state index contributed by atoms with van der Waals surface area (Å²) in [5, 5.41) is 3.02. The molecule has 2 heterocycles. The number of aromatic nitrogens is 1. The van der Waals surface area contributed by atoms with Gasteiger partial charge in [0, 0.05) is 37.9 Å².